The van der Waals surface area contributed by atoms with Crippen LogP contribution in [-0.2, 0) is 9.59 Å². The summed E-state index contributed by atoms with van der Waals surface area (Å²) in [5.41, 5.74) is 4.37. The SMILES string of the molecule is O=C1NN(c2ccccc2)C(=O)C1C(c1ccccc1)c1cccs1. The van der Waals surface area contributed by atoms with Gasteiger partial charge in [-0.05, 0) is 29.1 Å². The summed E-state index contributed by atoms with van der Waals surface area (Å²) < 4.78 is 0. The maximum absolute atomic E-state index is 13.1. The number of amides is 2. The van der Waals surface area contributed by atoms with Gasteiger partial charge >= 0.3 is 0 Å². The molecule has 0 spiro atoms. The summed E-state index contributed by atoms with van der Waals surface area (Å²) in [6.07, 6.45) is 0. The van der Waals surface area contributed by atoms with E-state index in [0.717, 1.165) is 10.4 Å². The predicted octanol–water partition coefficient (Wildman–Crippen LogP) is 3.57. The molecule has 2 amide bonds. The largest absolute Gasteiger partial charge is 0.272 e. The Bertz CT molecular complexity index is 879. The molecular formula is C20H16N2O2S. The standard InChI is InChI=1S/C20H16N2O2S/c23-19-18(20(24)22(21-19)15-10-5-2-6-11-15)17(16-12-7-13-25-16)14-8-3-1-4-9-14/h1-13,17-18H,(H,21,23). The minimum Gasteiger partial charge on any atom is -0.272 e. The molecule has 25 heavy (non-hydrogen) atoms. The number of thiophene rings is 1. The van der Waals surface area contributed by atoms with Gasteiger partial charge in [0.1, 0.15) is 5.92 Å². The van der Waals surface area contributed by atoms with Gasteiger partial charge in [0.25, 0.3) is 11.8 Å². The fourth-order valence-corrected chi connectivity index (χ4v) is 4.09. The van der Waals surface area contributed by atoms with E-state index in [1.165, 1.54) is 5.01 Å². The highest BCUT2D eigenvalue weighted by molar-refractivity contribution is 7.10. The molecule has 2 unspecified atom stereocenters. The van der Waals surface area contributed by atoms with Crippen LogP contribution in [0.15, 0.2) is 78.2 Å². The zero-order chi connectivity index (χ0) is 17.2. The molecular weight excluding hydrogens is 332 g/mol. The first kappa shape index (κ1) is 15.6. The number of anilines is 1. The van der Waals surface area contributed by atoms with E-state index in [0.29, 0.717) is 5.69 Å². The molecule has 2 heterocycles. The van der Waals surface area contributed by atoms with Crippen LogP contribution >= 0.6 is 11.3 Å². The topological polar surface area (TPSA) is 49.4 Å². The summed E-state index contributed by atoms with van der Waals surface area (Å²) >= 11 is 1.56. The van der Waals surface area contributed by atoms with Crippen LogP contribution in [0.4, 0.5) is 5.69 Å². The minimum absolute atomic E-state index is 0.224. The summed E-state index contributed by atoms with van der Waals surface area (Å²) in [6.45, 7) is 0. The summed E-state index contributed by atoms with van der Waals surface area (Å²) in [6, 6.07) is 22.8. The van der Waals surface area contributed by atoms with Crippen molar-refractivity contribution in [3.8, 4) is 0 Å². The van der Waals surface area contributed by atoms with Gasteiger partial charge in [-0.2, -0.15) is 0 Å². The van der Waals surface area contributed by atoms with E-state index in [-0.39, 0.29) is 17.7 Å². The molecule has 4 rings (SSSR count). The number of rotatable bonds is 4. The molecule has 124 valence electrons. The van der Waals surface area contributed by atoms with Crippen molar-refractivity contribution < 1.29 is 9.59 Å². The van der Waals surface area contributed by atoms with Crippen LogP contribution in [-0.4, -0.2) is 11.8 Å². The van der Waals surface area contributed by atoms with Gasteiger partial charge in [-0.1, -0.05) is 54.6 Å². The molecule has 1 aliphatic rings. The fourth-order valence-electron chi connectivity index (χ4n) is 3.20. The van der Waals surface area contributed by atoms with Gasteiger partial charge in [0.2, 0.25) is 0 Å². The maximum atomic E-state index is 13.1. The van der Waals surface area contributed by atoms with Crippen LogP contribution in [0.2, 0.25) is 0 Å². The Balaban J connectivity index is 1.75. The number of benzene rings is 2. The average Bonchev–Trinajstić information content (AvgIpc) is 3.28. The summed E-state index contributed by atoms with van der Waals surface area (Å²) in [4.78, 5) is 26.8. The van der Waals surface area contributed by atoms with E-state index in [4.69, 9.17) is 0 Å². The molecule has 1 N–H and O–H groups in total. The van der Waals surface area contributed by atoms with Gasteiger partial charge in [-0.3, -0.25) is 15.0 Å². The van der Waals surface area contributed by atoms with Gasteiger partial charge < -0.3 is 0 Å². The summed E-state index contributed by atoms with van der Waals surface area (Å²) in [7, 11) is 0. The first-order chi connectivity index (χ1) is 12.3. The van der Waals surface area contributed by atoms with E-state index >= 15 is 0 Å². The number of nitrogens with one attached hydrogen (secondary N) is 1. The lowest BCUT2D eigenvalue weighted by atomic mass is 9.84. The van der Waals surface area contributed by atoms with Crippen LogP contribution in [0.3, 0.4) is 0 Å². The van der Waals surface area contributed by atoms with Crippen LogP contribution in [0.1, 0.15) is 16.4 Å². The second kappa shape index (κ2) is 6.53. The lowest BCUT2D eigenvalue weighted by Gasteiger charge is -2.20. The molecule has 5 heteroatoms. The Labute approximate surface area is 149 Å². The van der Waals surface area contributed by atoms with Gasteiger partial charge in [0, 0.05) is 10.8 Å². The highest BCUT2D eigenvalue weighted by Gasteiger charge is 2.46. The number of carbonyl (C=O) groups excluding carboxylic acids is 2. The lowest BCUT2D eigenvalue weighted by molar-refractivity contribution is -0.128. The molecule has 1 saturated heterocycles. The number of para-hydroxylation sites is 1. The number of hydrogen-bond donors (Lipinski definition) is 1. The number of carbonyl (C=O) groups is 2. The van der Waals surface area contributed by atoms with E-state index in [9.17, 15) is 9.59 Å². The van der Waals surface area contributed by atoms with Crippen molar-refractivity contribution in [1.29, 1.82) is 0 Å². The van der Waals surface area contributed by atoms with Crippen molar-refractivity contribution >= 4 is 28.8 Å². The Kier molecular flexibility index (Phi) is 4.07. The molecule has 1 aliphatic heterocycles. The van der Waals surface area contributed by atoms with E-state index < -0.39 is 5.92 Å². The quantitative estimate of drug-likeness (QED) is 0.733. The molecule has 0 bridgehead atoms. The van der Waals surface area contributed by atoms with Crippen LogP contribution in [0.25, 0.3) is 0 Å². The minimum atomic E-state index is -0.777. The second-order valence-electron chi connectivity index (χ2n) is 5.87. The van der Waals surface area contributed by atoms with Crippen molar-refractivity contribution in [3.05, 3.63) is 88.6 Å². The van der Waals surface area contributed by atoms with Crippen molar-refractivity contribution in [2.75, 3.05) is 5.01 Å². The van der Waals surface area contributed by atoms with E-state index in [2.05, 4.69) is 5.43 Å². The Morgan fingerprint density at radius 3 is 2.20 bits per heavy atom. The normalized spacial score (nSPS) is 18.2. The predicted molar refractivity (Wildman–Crippen MR) is 98.2 cm³/mol. The molecule has 1 aromatic heterocycles. The Morgan fingerprint density at radius 1 is 0.880 bits per heavy atom. The second-order valence-corrected chi connectivity index (χ2v) is 6.85. The van der Waals surface area contributed by atoms with Gasteiger partial charge in [-0.25, -0.2) is 5.01 Å². The van der Waals surface area contributed by atoms with E-state index in [1.807, 2.05) is 78.2 Å². The van der Waals surface area contributed by atoms with Gasteiger partial charge in [0.05, 0.1) is 5.69 Å². The van der Waals surface area contributed by atoms with Crippen LogP contribution < -0.4 is 10.4 Å². The van der Waals surface area contributed by atoms with Crippen molar-refractivity contribution in [2.24, 2.45) is 5.92 Å². The van der Waals surface area contributed by atoms with Crippen LogP contribution in [0.5, 0.6) is 0 Å². The number of nitrogens with zero attached hydrogens (tertiary/aromatic N) is 1. The van der Waals surface area contributed by atoms with Gasteiger partial charge in [0.15, 0.2) is 0 Å². The van der Waals surface area contributed by atoms with Crippen molar-refractivity contribution in [3.63, 3.8) is 0 Å². The van der Waals surface area contributed by atoms with E-state index in [1.54, 1.807) is 11.3 Å². The highest BCUT2D eigenvalue weighted by Crippen LogP contribution is 2.38. The first-order valence-electron chi connectivity index (χ1n) is 8.03. The average molecular weight is 348 g/mol. The highest BCUT2D eigenvalue weighted by atomic mass is 32.1. The molecule has 0 radical (unpaired) electrons. The first-order valence-corrected chi connectivity index (χ1v) is 8.91. The third-order valence-corrected chi connectivity index (χ3v) is 5.30. The fraction of sp³-hybridized carbons (Fsp3) is 0.100. The van der Waals surface area contributed by atoms with Crippen LogP contribution in [0, 0.1) is 5.92 Å². The van der Waals surface area contributed by atoms with Crippen molar-refractivity contribution in [2.45, 2.75) is 5.92 Å². The third-order valence-electron chi connectivity index (χ3n) is 4.35. The summed E-state index contributed by atoms with van der Waals surface area (Å²) in [5, 5.41) is 3.33. The molecule has 2 aromatic carbocycles. The molecule has 0 aliphatic carbocycles. The van der Waals surface area contributed by atoms with Gasteiger partial charge in [-0.15, -0.1) is 11.3 Å². The Hall–Kier alpha value is -2.92. The smallest absolute Gasteiger partial charge is 0.259 e. The molecule has 3 aromatic rings. The monoisotopic (exact) mass is 348 g/mol. The molecule has 0 saturated carbocycles. The number of hydrogen-bond acceptors (Lipinski definition) is 3. The lowest BCUT2D eigenvalue weighted by Crippen LogP contribution is -2.35. The summed E-state index contributed by atoms with van der Waals surface area (Å²) in [5.74, 6) is -1.56. The third kappa shape index (κ3) is 2.83. The Morgan fingerprint density at radius 2 is 1.56 bits per heavy atom. The molecule has 1 fully saturated rings. The number of hydrazine groups is 1. The van der Waals surface area contributed by atoms with Crippen molar-refractivity contribution in [1.82, 2.24) is 5.43 Å². The zero-order valence-corrected chi connectivity index (χ0v) is 14.1. The zero-order valence-electron chi connectivity index (χ0n) is 13.3. The molecule has 2 atom stereocenters. The molecule has 4 nitrogen and oxygen atoms in total. The maximum Gasteiger partial charge on any atom is 0.259 e.